The van der Waals surface area contributed by atoms with Crippen molar-refractivity contribution < 1.29 is 9.13 Å². The molecule has 3 N–H and O–H groups in total. The van der Waals surface area contributed by atoms with E-state index in [1.54, 1.807) is 13.2 Å². The Morgan fingerprint density at radius 1 is 1.56 bits per heavy atom. The number of aromatic nitrogens is 2. The second-order valence-electron chi connectivity index (χ2n) is 3.81. The zero-order valence-electron chi connectivity index (χ0n) is 10.3. The Labute approximate surface area is 107 Å². The lowest BCUT2D eigenvalue weighted by Gasteiger charge is -2.11. The van der Waals surface area contributed by atoms with Crippen molar-refractivity contribution in [2.45, 2.75) is 19.1 Å². The van der Waals surface area contributed by atoms with Gasteiger partial charge in [0.25, 0.3) is 0 Å². The molecule has 2 unspecified atom stereocenters. The van der Waals surface area contributed by atoms with Crippen LogP contribution < -0.4 is 11.1 Å². The van der Waals surface area contributed by atoms with Gasteiger partial charge in [-0.3, -0.25) is 14.3 Å². The Bertz CT molecular complexity index is 493. The average Bonchev–Trinajstić information content (AvgIpc) is 2.23. The van der Waals surface area contributed by atoms with Gasteiger partial charge in [-0.05, 0) is 13.8 Å². The first kappa shape index (κ1) is 14.3. The van der Waals surface area contributed by atoms with Crippen molar-refractivity contribution in [2.24, 2.45) is 0 Å². The van der Waals surface area contributed by atoms with Crippen molar-refractivity contribution >= 4 is 28.3 Å². The lowest BCUT2D eigenvalue weighted by molar-refractivity contribution is -0.385. The summed E-state index contributed by atoms with van der Waals surface area (Å²) in [6.45, 7) is 3.56. The number of nitrogens with one attached hydrogen (secondary N) is 1. The Hall–Kier alpha value is -1.77. The second-order valence-corrected chi connectivity index (χ2v) is 5.61. The lowest BCUT2D eigenvalue weighted by Crippen LogP contribution is -2.22. The fourth-order valence-corrected chi connectivity index (χ4v) is 1.61. The number of anilines is 2. The van der Waals surface area contributed by atoms with Gasteiger partial charge in [-0.2, -0.15) is 4.98 Å². The van der Waals surface area contributed by atoms with Gasteiger partial charge in [-0.1, -0.05) is 0 Å². The molecule has 0 aliphatic carbocycles. The van der Waals surface area contributed by atoms with Crippen LogP contribution in [0.4, 0.5) is 17.5 Å². The molecule has 2 atom stereocenters. The Morgan fingerprint density at radius 3 is 2.67 bits per heavy atom. The number of nitrogens with two attached hydrogens (primary N) is 1. The summed E-state index contributed by atoms with van der Waals surface area (Å²) in [6.07, 6.45) is 1.57. The maximum absolute atomic E-state index is 11.2. The minimum atomic E-state index is -1.02. The first-order valence-corrected chi connectivity index (χ1v) is 6.79. The Morgan fingerprint density at radius 2 is 2.17 bits per heavy atom. The minimum absolute atomic E-state index is 0.0362. The number of nitro groups is 1. The van der Waals surface area contributed by atoms with E-state index in [-0.39, 0.29) is 28.4 Å². The van der Waals surface area contributed by atoms with Crippen LogP contribution in [0.5, 0.6) is 0 Å². The van der Waals surface area contributed by atoms with E-state index in [4.69, 9.17) is 5.73 Å². The van der Waals surface area contributed by atoms with Gasteiger partial charge in [0.15, 0.2) is 0 Å². The summed E-state index contributed by atoms with van der Waals surface area (Å²) >= 11 is 0. The summed E-state index contributed by atoms with van der Waals surface area (Å²) in [5, 5.41) is 13.6. The molecule has 0 amide bonds. The summed E-state index contributed by atoms with van der Waals surface area (Å²) in [5.41, 5.74) is 5.43. The van der Waals surface area contributed by atoms with Gasteiger partial charge >= 0.3 is 5.69 Å². The summed E-state index contributed by atoms with van der Waals surface area (Å²) in [5.74, 6) is 0.0215. The number of nitrogens with zero attached hydrogens (tertiary/aromatic N) is 3. The van der Waals surface area contributed by atoms with Gasteiger partial charge in [0, 0.05) is 28.9 Å². The van der Waals surface area contributed by atoms with Crippen molar-refractivity contribution in [1.82, 2.24) is 9.97 Å². The molecule has 8 nitrogen and oxygen atoms in total. The zero-order chi connectivity index (χ0) is 13.9. The van der Waals surface area contributed by atoms with Crippen LogP contribution in [0.1, 0.15) is 12.6 Å². The molecule has 1 aromatic rings. The van der Waals surface area contributed by atoms with Crippen molar-refractivity contribution in [3.63, 3.8) is 0 Å². The first-order chi connectivity index (χ1) is 8.32. The molecule has 0 radical (unpaired) electrons. The number of rotatable bonds is 5. The van der Waals surface area contributed by atoms with Crippen LogP contribution in [-0.4, -0.2) is 37.2 Å². The molecule has 1 heterocycles. The van der Waals surface area contributed by atoms with Crippen LogP contribution in [0.15, 0.2) is 0 Å². The lowest BCUT2D eigenvalue weighted by atomic mass is 10.3. The summed E-state index contributed by atoms with van der Waals surface area (Å²) < 4.78 is 11.2. The highest BCUT2D eigenvalue weighted by Gasteiger charge is 2.21. The van der Waals surface area contributed by atoms with Gasteiger partial charge < -0.3 is 11.1 Å². The molecular formula is C9H15N5O3S. The SMILES string of the molecule is Cc1nc(N)nc(NCC(C)S(C)=O)c1[N+](=O)[O-]. The minimum Gasteiger partial charge on any atom is -0.368 e. The van der Waals surface area contributed by atoms with E-state index >= 15 is 0 Å². The number of aryl methyl sites for hydroxylation is 1. The summed E-state index contributed by atoms with van der Waals surface area (Å²) in [6, 6.07) is 0. The van der Waals surface area contributed by atoms with Crippen molar-refractivity contribution in [2.75, 3.05) is 23.9 Å². The average molecular weight is 273 g/mol. The zero-order valence-corrected chi connectivity index (χ0v) is 11.2. The quantitative estimate of drug-likeness (QED) is 0.589. The predicted molar refractivity (Wildman–Crippen MR) is 69.9 cm³/mol. The molecule has 0 aliphatic heterocycles. The van der Waals surface area contributed by atoms with Crippen LogP contribution in [0.2, 0.25) is 0 Å². The number of hydrogen-bond acceptors (Lipinski definition) is 7. The molecular weight excluding hydrogens is 258 g/mol. The normalized spacial score (nSPS) is 13.9. The molecule has 0 spiro atoms. The smallest absolute Gasteiger partial charge is 0.332 e. The maximum atomic E-state index is 11.2. The van der Waals surface area contributed by atoms with E-state index in [9.17, 15) is 14.3 Å². The third-order valence-electron chi connectivity index (χ3n) is 2.38. The fraction of sp³-hybridized carbons (Fsp3) is 0.556. The largest absolute Gasteiger partial charge is 0.368 e. The molecule has 0 aliphatic rings. The Kier molecular flexibility index (Phi) is 4.54. The van der Waals surface area contributed by atoms with Crippen LogP contribution in [0, 0.1) is 17.0 Å². The monoisotopic (exact) mass is 273 g/mol. The van der Waals surface area contributed by atoms with Gasteiger partial charge in [0.2, 0.25) is 11.8 Å². The third-order valence-corrected chi connectivity index (χ3v) is 3.68. The van der Waals surface area contributed by atoms with Gasteiger partial charge in [0.1, 0.15) is 5.69 Å². The van der Waals surface area contributed by atoms with Crippen LogP contribution in [-0.2, 0) is 10.8 Å². The highest BCUT2D eigenvalue weighted by Crippen LogP contribution is 2.25. The fourth-order valence-electron chi connectivity index (χ4n) is 1.29. The van der Waals surface area contributed by atoms with E-state index in [0.717, 1.165) is 0 Å². The highest BCUT2D eigenvalue weighted by molar-refractivity contribution is 7.84. The number of nitrogen functional groups attached to an aromatic ring is 1. The predicted octanol–water partition coefficient (Wildman–Crippen LogP) is 0.454. The molecule has 1 rings (SSSR count). The molecule has 100 valence electrons. The molecule has 0 bridgehead atoms. The second kappa shape index (κ2) is 5.71. The van der Waals surface area contributed by atoms with Crippen molar-refractivity contribution in [3.05, 3.63) is 15.8 Å². The standard InChI is InChI=1S/C9H15N5O3S/c1-5(18(3)17)4-11-8-7(14(15)16)6(2)12-9(10)13-8/h5H,4H2,1-3H3,(H3,10,11,12,13). The van der Waals surface area contributed by atoms with E-state index in [0.29, 0.717) is 6.54 Å². The van der Waals surface area contributed by atoms with Gasteiger partial charge in [-0.15, -0.1) is 0 Å². The topological polar surface area (TPSA) is 124 Å². The third kappa shape index (κ3) is 3.36. The van der Waals surface area contributed by atoms with E-state index in [2.05, 4.69) is 15.3 Å². The molecule has 0 saturated carbocycles. The summed E-state index contributed by atoms with van der Waals surface area (Å²) in [7, 11) is -1.02. The van der Waals surface area contributed by atoms with E-state index < -0.39 is 15.7 Å². The van der Waals surface area contributed by atoms with E-state index in [1.165, 1.54) is 6.92 Å². The molecule has 0 aromatic carbocycles. The summed E-state index contributed by atoms with van der Waals surface area (Å²) in [4.78, 5) is 17.9. The van der Waals surface area contributed by atoms with Gasteiger partial charge in [-0.25, -0.2) is 4.98 Å². The molecule has 0 saturated heterocycles. The molecule has 1 aromatic heterocycles. The number of hydrogen-bond donors (Lipinski definition) is 2. The Balaban J connectivity index is 3.00. The van der Waals surface area contributed by atoms with Crippen LogP contribution >= 0.6 is 0 Å². The molecule has 18 heavy (non-hydrogen) atoms. The molecule has 9 heteroatoms. The first-order valence-electron chi connectivity index (χ1n) is 5.17. The van der Waals surface area contributed by atoms with Crippen LogP contribution in [0.25, 0.3) is 0 Å². The van der Waals surface area contributed by atoms with Crippen molar-refractivity contribution in [1.29, 1.82) is 0 Å². The van der Waals surface area contributed by atoms with Gasteiger partial charge in [0.05, 0.1) is 4.92 Å². The maximum Gasteiger partial charge on any atom is 0.332 e. The van der Waals surface area contributed by atoms with Crippen molar-refractivity contribution in [3.8, 4) is 0 Å². The molecule has 0 fully saturated rings. The van der Waals surface area contributed by atoms with Crippen LogP contribution in [0.3, 0.4) is 0 Å². The highest BCUT2D eigenvalue weighted by atomic mass is 32.2. The van der Waals surface area contributed by atoms with E-state index in [1.807, 2.05) is 0 Å².